The molecule has 0 aromatic heterocycles. The molecule has 1 N–H and O–H groups in total. The Morgan fingerprint density at radius 1 is 1.28 bits per heavy atom. The van der Waals surface area contributed by atoms with E-state index < -0.39 is 15.9 Å². The molecule has 1 amide bonds. The largest absolute Gasteiger partial charge is 0.268 e. The lowest BCUT2D eigenvalue weighted by Gasteiger charge is -1.96. The van der Waals surface area contributed by atoms with Crippen LogP contribution in [-0.2, 0) is 10.0 Å². The van der Waals surface area contributed by atoms with E-state index in [2.05, 4.69) is 17.8 Å². The Balaban J connectivity index is 2.36. The minimum Gasteiger partial charge on any atom is -0.268 e. The van der Waals surface area contributed by atoms with Gasteiger partial charge in [-0.15, -0.1) is 12.3 Å². The molecule has 18 heavy (non-hydrogen) atoms. The molecule has 5 heteroatoms. The summed E-state index contributed by atoms with van der Waals surface area (Å²) < 4.78 is 25.1. The molecule has 0 saturated carbocycles. The predicted octanol–water partition coefficient (Wildman–Crippen LogP) is 0.884. The van der Waals surface area contributed by atoms with Crippen molar-refractivity contribution in [3.05, 3.63) is 29.3 Å². The van der Waals surface area contributed by atoms with E-state index in [4.69, 9.17) is 6.42 Å². The standard InChI is InChI=1S/C13H9NO3S/c1-2-3-4-5-6-10-7-8-11-12(9-10)18(16,17)14-13(11)15/h1,7-9H,3-4H2,(H,14,15). The second-order valence-electron chi connectivity index (χ2n) is 3.65. The Bertz CT molecular complexity index is 715. The van der Waals surface area contributed by atoms with Gasteiger partial charge in [-0.1, -0.05) is 11.8 Å². The van der Waals surface area contributed by atoms with Crippen molar-refractivity contribution in [1.82, 2.24) is 4.72 Å². The molecule has 0 unspecified atom stereocenters. The number of unbranched alkanes of at least 4 members (excludes halogenated alkanes) is 1. The zero-order chi connectivity index (χ0) is 13.2. The van der Waals surface area contributed by atoms with Gasteiger partial charge in [-0.2, -0.15) is 0 Å². The number of nitrogens with one attached hydrogen (secondary N) is 1. The van der Waals surface area contributed by atoms with Gasteiger partial charge in [0.1, 0.15) is 4.90 Å². The van der Waals surface area contributed by atoms with Crippen LogP contribution in [0.5, 0.6) is 0 Å². The third-order valence-electron chi connectivity index (χ3n) is 2.37. The number of carbonyl (C=O) groups excluding carboxylic acids is 1. The molecule has 0 spiro atoms. The molecule has 0 bridgehead atoms. The Morgan fingerprint density at radius 3 is 2.78 bits per heavy atom. The first-order valence-corrected chi connectivity index (χ1v) is 6.66. The van der Waals surface area contributed by atoms with Crippen molar-refractivity contribution < 1.29 is 13.2 Å². The summed E-state index contributed by atoms with van der Waals surface area (Å²) in [6.45, 7) is 0. The molecular weight excluding hydrogens is 250 g/mol. The van der Waals surface area contributed by atoms with Gasteiger partial charge in [0, 0.05) is 18.4 Å². The SMILES string of the molecule is C#CCCC#Cc1ccc2c(c1)S(=O)(=O)NC2=O. The molecule has 1 aliphatic rings. The Kier molecular flexibility index (Phi) is 3.10. The van der Waals surface area contributed by atoms with Crippen LogP contribution in [0, 0.1) is 24.2 Å². The second kappa shape index (κ2) is 4.56. The van der Waals surface area contributed by atoms with Crippen LogP contribution in [0.2, 0.25) is 0 Å². The smallest absolute Gasteiger partial charge is 0.266 e. The van der Waals surface area contributed by atoms with Crippen molar-refractivity contribution in [2.45, 2.75) is 17.7 Å². The Hall–Kier alpha value is -2.24. The van der Waals surface area contributed by atoms with Crippen molar-refractivity contribution in [2.75, 3.05) is 0 Å². The predicted molar refractivity (Wildman–Crippen MR) is 66.0 cm³/mol. The van der Waals surface area contributed by atoms with Gasteiger partial charge in [-0.3, -0.25) is 4.79 Å². The molecule has 1 heterocycles. The zero-order valence-corrected chi connectivity index (χ0v) is 10.2. The van der Waals surface area contributed by atoms with Crippen LogP contribution in [0.4, 0.5) is 0 Å². The van der Waals surface area contributed by atoms with Crippen LogP contribution in [0.25, 0.3) is 0 Å². The zero-order valence-electron chi connectivity index (χ0n) is 9.36. The fourth-order valence-electron chi connectivity index (χ4n) is 1.54. The molecule has 0 aliphatic carbocycles. The molecule has 1 aromatic rings. The number of benzene rings is 1. The maximum Gasteiger partial charge on any atom is 0.266 e. The van der Waals surface area contributed by atoms with E-state index in [0.29, 0.717) is 18.4 Å². The summed E-state index contributed by atoms with van der Waals surface area (Å²) in [7, 11) is -3.71. The normalized spacial score (nSPS) is 14.9. The summed E-state index contributed by atoms with van der Waals surface area (Å²) in [5.41, 5.74) is 0.704. The van der Waals surface area contributed by atoms with E-state index in [1.165, 1.54) is 12.1 Å². The van der Waals surface area contributed by atoms with Crippen molar-refractivity contribution in [2.24, 2.45) is 0 Å². The van der Waals surface area contributed by atoms with E-state index in [9.17, 15) is 13.2 Å². The molecule has 0 saturated heterocycles. The van der Waals surface area contributed by atoms with Gasteiger partial charge in [0.25, 0.3) is 15.9 Å². The van der Waals surface area contributed by atoms with Crippen molar-refractivity contribution in [3.63, 3.8) is 0 Å². The highest BCUT2D eigenvalue weighted by Gasteiger charge is 2.32. The highest BCUT2D eigenvalue weighted by atomic mass is 32.2. The van der Waals surface area contributed by atoms with Gasteiger partial charge in [0.05, 0.1) is 5.56 Å². The van der Waals surface area contributed by atoms with E-state index in [-0.39, 0.29) is 10.5 Å². The first-order chi connectivity index (χ1) is 8.54. The number of carbonyl (C=O) groups is 1. The van der Waals surface area contributed by atoms with E-state index in [0.717, 1.165) is 0 Å². The minimum absolute atomic E-state index is 0.0174. The third-order valence-corrected chi connectivity index (χ3v) is 3.74. The van der Waals surface area contributed by atoms with Crippen LogP contribution in [0.1, 0.15) is 28.8 Å². The van der Waals surface area contributed by atoms with Gasteiger partial charge in [-0.25, -0.2) is 13.1 Å². The first-order valence-electron chi connectivity index (χ1n) is 5.18. The quantitative estimate of drug-likeness (QED) is 0.601. The number of amides is 1. The average molecular weight is 259 g/mol. The highest BCUT2D eigenvalue weighted by Crippen LogP contribution is 2.23. The summed E-state index contributed by atoms with van der Waals surface area (Å²) in [5.74, 6) is 7.51. The lowest BCUT2D eigenvalue weighted by atomic mass is 10.1. The van der Waals surface area contributed by atoms with Crippen molar-refractivity contribution in [1.29, 1.82) is 0 Å². The fourth-order valence-corrected chi connectivity index (χ4v) is 2.74. The van der Waals surface area contributed by atoms with Crippen LogP contribution < -0.4 is 4.72 Å². The highest BCUT2D eigenvalue weighted by molar-refractivity contribution is 7.90. The number of fused-ring (bicyclic) bond motifs is 1. The fraction of sp³-hybridized carbons (Fsp3) is 0.154. The van der Waals surface area contributed by atoms with Crippen LogP contribution in [-0.4, -0.2) is 14.3 Å². The summed E-state index contributed by atoms with van der Waals surface area (Å²) in [5, 5.41) is 0. The average Bonchev–Trinajstić information content (AvgIpc) is 2.55. The monoisotopic (exact) mass is 259 g/mol. The number of sulfonamides is 1. The lowest BCUT2D eigenvalue weighted by molar-refractivity contribution is 0.0985. The van der Waals surface area contributed by atoms with Crippen LogP contribution in [0.3, 0.4) is 0 Å². The molecule has 1 aliphatic heterocycles. The number of terminal acetylenes is 1. The number of rotatable bonds is 1. The molecule has 4 nitrogen and oxygen atoms in total. The van der Waals surface area contributed by atoms with Crippen LogP contribution in [0.15, 0.2) is 23.1 Å². The van der Waals surface area contributed by atoms with Gasteiger partial charge in [-0.05, 0) is 18.2 Å². The number of hydrogen-bond acceptors (Lipinski definition) is 3. The van der Waals surface area contributed by atoms with Gasteiger partial charge in [0.15, 0.2) is 0 Å². The topological polar surface area (TPSA) is 63.2 Å². The Labute approximate surface area is 105 Å². The summed E-state index contributed by atoms with van der Waals surface area (Å²) in [6, 6.07) is 4.47. The third kappa shape index (κ3) is 2.22. The second-order valence-corrected chi connectivity index (χ2v) is 5.30. The molecule has 90 valence electrons. The molecule has 1 aromatic carbocycles. The maximum absolute atomic E-state index is 11.6. The van der Waals surface area contributed by atoms with Gasteiger partial charge >= 0.3 is 0 Å². The molecule has 0 fully saturated rings. The molecule has 2 rings (SSSR count). The van der Waals surface area contributed by atoms with E-state index in [1.807, 2.05) is 4.72 Å². The number of hydrogen-bond donors (Lipinski definition) is 1. The summed E-state index contributed by atoms with van der Waals surface area (Å²) >= 11 is 0. The first kappa shape index (κ1) is 12.2. The summed E-state index contributed by atoms with van der Waals surface area (Å²) in [6.07, 6.45) is 6.19. The van der Waals surface area contributed by atoms with E-state index in [1.54, 1.807) is 6.07 Å². The minimum atomic E-state index is -3.71. The van der Waals surface area contributed by atoms with Crippen LogP contribution >= 0.6 is 0 Å². The Morgan fingerprint density at radius 2 is 2.06 bits per heavy atom. The molecule has 0 radical (unpaired) electrons. The van der Waals surface area contributed by atoms with Crippen molar-refractivity contribution in [3.8, 4) is 24.2 Å². The van der Waals surface area contributed by atoms with Gasteiger partial charge < -0.3 is 0 Å². The van der Waals surface area contributed by atoms with Gasteiger partial charge in [0.2, 0.25) is 0 Å². The maximum atomic E-state index is 11.6. The molecule has 0 atom stereocenters. The summed E-state index contributed by atoms with van der Waals surface area (Å²) in [4.78, 5) is 11.3. The van der Waals surface area contributed by atoms with E-state index >= 15 is 0 Å². The lowest BCUT2D eigenvalue weighted by Crippen LogP contribution is -2.20. The molecular formula is C13H9NO3S. The van der Waals surface area contributed by atoms with Crippen molar-refractivity contribution >= 4 is 15.9 Å².